The van der Waals surface area contributed by atoms with Gasteiger partial charge in [-0.15, -0.1) is 0 Å². The second kappa shape index (κ2) is 6.39. The van der Waals surface area contributed by atoms with E-state index in [2.05, 4.69) is 0 Å². The SMILES string of the molecule is CC(C)(C)OC(=O)N(O)[C@]1(C(=O)OC(C)(C)C)Cc2ccccc2C1=O. The number of Topliss-reactive ketones (excluding diaryl/α,β-unsaturated/α-hetero) is 1. The van der Waals surface area contributed by atoms with Crippen molar-refractivity contribution < 1.29 is 29.1 Å². The summed E-state index contributed by atoms with van der Waals surface area (Å²) in [6.45, 7) is 9.76. The van der Waals surface area contributed by atoms with E-state index in [1.165, 1.54) is 0 Å². The van der Waals surface area contributed by atoms with Gasteiger partial charge in [-0.05, 0) is 47.1 Å². The fourth-order valence-corrected chi connectivity index (χ4v) is 2.72. The Balaban J connectivity index is 2.50. The molecule has 0 radical (unpaired) electrons. The van der Waals surface area contributed by atoms with Crippen LogP contribution in [0.5, 0.6) is 0 Å². The van der Waals surface area contributed by atoms with Crippen LogP contribution in [-0.4, -0.2) is 44.9 Å². The highest BCUT2D eigenvalue weighted by atomic mass is 16.6. The van der Waals surface area contributed by atoms with Crippen LogP contribution in [-0.2, 0) is 20.7 Å². The predicted molar refractivity (Wildman–Crippen MR) is 92.9 cm³/mol. The monoisotopic (exact) mass is 363 g/mol. The summed E-state index contributed by atoms with van der Waals surface area (Å²) in [5.41, 5.74) is -3.22. The number of ketones is 1. The number of hydrogen-bond donors (Lipinski definition) is 1. The minimum Gasteiger partial charge on any atom is -0.458 e. The van der Waals surface area contributed by atoms with E-state index >= 15 is 0 Å². The lowest BCUT2D eigenvalue weighted by Crippen LogP contribution is -2.62. The Morgan fingerprint density at radius 2 is 1.58 bits per heavy atom. The first kappa shape index (κ1) is 19.9. The third-order valence-electron chi connectivity index (χ3n) is 3.75. The molecule has 142 valence electrons. The molecule has 0 saturated heterocycles. The Labute approximate surface area is 152 Å². The first-order valence-electron chi connectivity index (χ1n) is 8.36. The summed E-state index contributed by atoms with van der Waals surface area (Å²) in [5.74, 6) is -1.70. The van der Waals surface area contributed by atoms with Crippen LogP contribution < -0.4 is 0 Å². The van der Waals surface area contributed by atoms with Crippen molar-refractivity contribution in [3.63, 3.8) is 0 Å². The van der Waals surface area contributed by atoms with Gasteiger partial charge in [-0.25, -0.2) is 9.59 Å². The Kier molecular flexibility index (Phi) is 4.89. The van der Waals surface area contributed by atoms with E-state index in [4.69, 9.17) is 9.47 Å². The topological polar surface area (TPSA) is 93.1 Å². The Morgan fingerprint density at radius 3 is 2.08 bits per heavy atom. The summed E-state index contributed by atoms with van der Waals surface area (Å²) in [4.78, 5) is 38.4. The van der Waals surface area contributed by atoms with Gasteiger partial charge in [-0.3, -0.25) is 10.0 Å². The molecule has 1 aromatic rings. The normalized spacial score (nSPS) is 19.7. The zero-order chi connectivity index (χ0) is 19.9. The van der Waals surface area contributed by atoms with Crippen molar-refractivity contribution in [2.75, 3.05) is 0 Å². The van der Waals surface area contributed by atoms with Gasteiger partial charge in [0.05, 0.1) is 0 Å². The lowest BCUT2D eigenvalue weighted by atomic mass is 9.93. The molecule has 0 aromatic heterocycles. The Bertz CT molecular complexity index is 743. The molecular formula is C19H25NO6. The smallest absolute Gasteiger partial charge is 0.435 e. The van der Waals surface area contributed by atoms with Crippen molar-refractivity contribution in [2.24, 2.45) is 0 Å². The summed E-state index contributed by atoms with van der Waals surface area (Å²) >= 11 is 0. The minimum absolute atomic E-state index is 0.0780. The molecule has 1 N–H and O–H groups in total. The molecular weight excluding hydrogens is 338 g/mol. The highest BCUT2D eigenvalue weighted by Gasteiger charge is 2.60. The summed E-state index contributed by atoms with van der Waals surface area (Å²) in [6.07, 6.45) is -1.38. The second-order valence-electron chi connectivity index (χ2n) is 8.32. The van der Waals surface area contributed by atoms with E-state index in [-0.39, 0.29) is 17.0 Å². The molecule has 1 atom stereocenters. The molecule has 7 heteroatoms. The first-order valence-corrected chi connectivity index (χ1v) is 8.36. The van der Waals surface area contributed by atoms with Crippen LogP contribution in [0.4, 0.5) is 4.79 Å². The maximum atomic E-state index is 13.0. The summed E-state index contributed by atoms with van der Waals surface area (Å²) in [7, 11) is 0. The van der Waals surface area contributed by atoms with Gasteiger partial charge in [-0.1, -0.05) is 24.3 Å². The van der Waals surface area contributed by atoms with Crippen molar-refractivity contribution in [1.29, 1.82) is 0 Å². The van der Waals surface area contributed by atoms with Gasteiger partial charge in [0.15, 0.2) is 0 Å². The summed E-state index contributed by atoms with van der Waals surface area (Å²) < 4.78 is 10.5. The zero-order valence-corrected chi connectivity index (χ0v) is 16.0. The van der Waals surface area contributed by atoms with Crippen molar-refractivity contribution in [3.05, 3.63) is 35.4 Å². The zero-order valence-electron chi connectivity index (χ0n) is 16.0. The maximum Gasteiger partial charge on any atom is 0.435 e. The molecule has 1 aromatic carbocycles. The number of esters is 1. The van der Waals surface area contributed by atoms with E-state index in [9.17, 15) is 19.6 Å². The summed E-state index contributed by atoms with van der Waals surface area (Å²) in [6, 6.07) is 6.58. The van der Waals surface area contributed by atoms with Crippen molar-refractivity contribution in [2.45, 2.75) is 64.7 Å². The van der Waals surface area contributed by atoms with E-state index in [0.717, 1.165) is 0 Å². The minimum atomic E-state index is -2.21. The third kappa shape index (κ3) is 3.72. The van der Waals surface area contributed by atoms with Gasteiger partial charge in [0.2, 0.25) is 11.3 Å². The fourth-order valence-electron chi connectivity index (χ4n) is 2.72. The molecule has 0 fully saturated rings. The van der Waals surface area contributed by atoms with E-state index in [0.29, 0.717) is 5.56 Å². The molecule has 0 heterocycles. The van der Waals surface area contributed by atoms with Crippen LogP contribution >= 0.6 is 0 Å². The Hall–Kier alpha value is -2.41. The quantitative estimate of drug-likeness (QED) is 0.375. The molecule has 26 heavy (non-hydrogen) atoms. The lowest BCUT2D eigenvalue weighted by molar-refractivity contribution is -0.190. The standard InChI is InChI=1S/C19H25NO6/c1-17(2,3)25-15(22)19(20(24)16(23)26-18(4,5)6)11-12-9-7-8-10-13(12)14(19)21/h7-10,24H,11H2,1-6H3/t19-/m1/s1. The fraction of sp³-hybridized carbons (Fsp3) is 0.526. The van der Waals surface area contributed by atoms with Gasteiger partial charge >= 0.3 is 12.1 Å². The average molecular weight is 363 g/mol. The number of nitrogens with zero attached hydrogens (tertiary/aromatic N) is 1. The number of carbonyl (C=O) groups is 3. The molecule has 1 aliphatic rings. The van der Waals surface area contributed by atoms with Gasteiger partial charge in [0.25, 0.3) is 0 Å². The van der Waals surface area contributed by atoms with E-state index < -0.39 is 34.6 Å². The van der Waals surface area contributed by atoms with Gasteiger partial charge in [0.1, 0.15) is 11.2 Å². The van der Waals surface area contributed by atoms with Crippen molar-refractivity contribution in [1.82, 2.24) is 5.06 Å². The molecule has 1 amide bonds. The van der Waals surface area contributed by atoms with Crippen LogP contribution in [0, 0.1) is 0 Å². The molecule has 0 aliphatic heterocycles. The highest BCUT2D eigenvalue weighted by Crippen LogP contribution is 2.36. The second-order valence-corrected chi connectivity index (χ2v) is 8.32. The molecule has 0 bridgehead atoms. The van der Waals surface area contributed by atoms with Crippen LogP contribution in [0.1, 0.15) is 57.5 Å². The molecule has 7 nitrogen and oxygen atoms in total. The molecule has 0 unspecified atom stereocenters. The highest BCUT2D eigenvalue weighted by molar-refractivity contribution is 6.21. The number of ether oxygens (including phenoxy) is 2. The number of rotatable bonds is 2. The largest absolute Gasteiger partial charge is 0.458 e. The van der Waals surface area contributed by atoms with Crippen molar-refractivity contribution in [3.8, 4) is 0 Å². The third-order valence-corrected chi connectivity index (χ3v) is 3.75. The molecule has 1 aliphatic carbocycles. The maximum absolute atomic E-state index is 13.0. The lowest BCUT2D eigenvalue weighted by Gasteiger charge is -2.35. The van der Waals surface area contributed by atoms with Crippen molar-refractivity contribution >= 4 is 17.8 Å². The first-order chi connectivity index (χ1) is 11.8. The van der Waals surface area contributed by atoms with Crippen LogP contribution in [0.15, 0.2) is 24.3 Å². The average Bonchev–Trinajstić information content (AvgIpc) is 2.77. The number of hydroxylamine groups is 2. The van der Waals surface area contributed by atoms with Crippen LogP contribution in [0.25, 0.3) is 0 Å². The number of hydrogen-bond acceptors (Lipinski definition) is 6. The van der Waals surface area contributed by atoms with E-state index in [1.54, 1.807) is 65.8 Å². The number of fused-ring (bicyclic) bond motifs is 1. The number of carbonyl (C=O) groups excluding carboxylic acids is 3. The Morgan fingerprint density at radius 1 is 1.04 bits per heavy atom. The number of benzene rings is 1. The molecule has 0 spiro atoms. The number of amides is 1. The van der Waals surface area contributed by atoms with Gasteiger partial charge < -0.3 is 9.47 Å². The van der Waals surface area contributed by atoms with Gasteiger partial charge in [0, 0.05) is 12.0 Å². The molecule has 0 saturated carbocycles. The van der Waals surface area contributed by atoms with Crippen LogP contribution in [0.2, 0.25) is 0 Å². The van der Waals surface area contributed by atoms with Gasteiger partial charge in [-0.2, -0.15) is 5.06 Å². The van der Waals surface area contributed by atoms with Crippen LogP contribution in [0.3, 0.4) is 0 Å². The summed E-state index contributed by atoms with van der Waals surface area (Å²) in [5, 5.41) is 10.7. The van der Waals surface area contributed by atoms with E-state index in [1.807, 2.05) is 0 Å². The molecule has 2 rings (SSSR count). The predicted octanol–water partition coefficient (Wildman–Crippen LogP) is 3.13.